The van der Waals surface area contributed by atoms with Gasteiger partial charge in [-0.25, -0.2) is 48.5 Å². The van der Waals surface area contributed by atoms with Crippen LogP contribution in [-0.2, 0) is 70.4 Å². The van der Waals surface area contributed by atoms with Crippen molar-refractivity contribution in [3.63, 3.8) is 0 Å². The molecule has 0 aromatic heterocycles. The molecule has 24 heavy (non-hydrogen) atoms. The van der Waals surface area contributed by atoms with E-state index in [4.69, 9.17) is 0 Å². The fraction of sp³-hybridized carbons (Fsp3) is 0. The molecule has 4 aromatic carbocycles. The van der Waals surface area contributed by atoms with Crippen LogP contribution in [0, 0.1) is 0 Å². The SMILES string of the molecule is [S-2].[S-2].[Ti+4].[Ti+4].c1cc[cH-]c1.c1cc[cH-]c1.c1cc[cH-]c1.c1cc[cH-]c1. The molecule has 4 rings (SSSR count). The van der Waals surface area contributed by atoms with Gasteiger partial charge in [-0.05, 0) is 0 Å². The van der Waals surface area contributed by atoms with Gasteiger partial charge in [0.15, 0.2) is 0 Å². The molecule has 0 fully saturated rings. The Hall–Kier alpha value is -0.471. The van der Waals surface area contributed by atoms with Gasteiger partial charge in [-0.2, -0.15) is 72.8 Å². The molecule has 0 N–H and O–H groups in total. The number of hydrogen-bond donors (Lipinski definition) is 0. The summed E-state index contributed by atoms with van der Waals surface area (Å²) in [5.41, 5.74) is 0. The molecule has 120 valence electrons. The van der Waals surface area contributed by atoms with Crippen molar-refractivity contribution in [3.8, 4) is 0 Å². The van der Waals surface area contributed by atoms with Crippen molar-refractivity contribution >= 4 is 27.0 Å². The molecule has 0 aliphatic rings. The van der Waals surface area contributed by atoms with E-state index >= 15 is 0 Å². The fourth-order valence-electron chi connectivity index (χ4n) is 1.28. The minimum Gasteiger partial charge on any atom is -2.00 e. The van der Waals surface area contributed by atoms with Crippen LogP contribution in [0.15, 0.2) is 121 Å². The standard InChI is InChI=1S/4C5H5.2S.2Ti/c4*1-2-4-5-3-1;;;;/h4*1-5H;;;;/q4*-1;2*-2;2*+4. The van der Waals surface area contributed by atoms with Crippen LogP contribution in [0.5, 0.6) is 0 Å². The zero-order valence-corrected chi connectivity index (χ0v) is 18.1. The molecule has 0 bridgehead atoms. The Labute approximate surface area is 190 Å². The van der Waals surface area contributed by atoms with E-state index in [0.717, 1.165) is 0 Å². The molecule has 0 atom stereocenters. The largest absolute Gasteiger partial charge is 4.00 e. The molecule has 0 aliphatic carbocycles. The summed E-state index contributed by atoms with van der Waals surface area (Å²) in [6, 6.07) is 40.0. The molecule has 0 saturated heterocycles. The summed E-state index contributed by atoms with van der Waals surface area (Å²) >= 11 is 0. The van der Waals surface area contributed by atoms with Crippen molar-refractivity contribution in [2.24, 2.45) is 0 Å². The van der Waals surface area contributed by atoms with E-state index in [9.17, 15) is 0 Å². The van der Waals surface area contributed by atoms with Crippen molar-refractivity contribution in [1.82, 2.24) is 0 Å². The predicted molar refractivity (Wildman–Crippen MR) is 103 cm³/mol. The van der Waals surface area contributed by atoms with Gasteiger partial charge in [0, 0.05) is 0 Å². The van der Waals surface area contributed by atoms with Gasteiger partial charge in [-0.1, -0.05) is 0 Å². The first-order valence-corrected chi connectivity index (χ1v) is 6.67. The van der Waals surface area contributed by atoms with Gasteiger partial charge in [0.1, 0.15) is 0 Å². The van der Waals surface area contributed by atoms with E-state index in [1.54, 1.807) is 0 Å². The summed E-state index contributed by atoms with van der Waals surface area (Å²) in [4.78, 5) is 0. The van der Waals surface area contributed by atoms with Gasteiger partial charge in [-0.3, -0.25) is 0 Å². The van der Waals surface area contributed by atoms with Crippen LogP contribution < -0.4 is 0 Å². The average Bonchev–Trinajstić information content (AvgIpc) is 3.40. The van der Waals surface area contributed by atoms with Gasteiger partial charge in [0.05, 0.1) is 0 Å². The number of hydrogen-bond acceptors (Lipinski definition) is 0. The van der Waals surface area contributed by atoms with Crippen molar-refractivity contribution in [2.75, 3.05) is 0 Å². The smallest absolute Gasteiger partial charge is 2.00 e. The molecule has 4 heteroatoms. The summed E-state index contributed by atoms with van der Waals surface area (Å²) in [6.07, 6.45) is 0. The third kappa shape index (κ3) is 23.8. The molecule has 0 amide bonds. The second-order valence-corrected chi connectivity index (χ2v) is 3.85. The van der Waals surface area contributed by atoms with Gasteiger partial charge in [0.25, 0.3) is 0 Å². The molecule has 0 saturated carbocycles. The quantitative estimate of drug-likeness (QED) is 0.256. The first kappa shape index (κ1) is 31.3. The monoisotopic (exact) mass is 420 g/mol. The maximum Gasteiger partial charge on any atom is 4.00 e. The van der Waals surface area contributed by atoms with Crippen LogP contribution in [0.4, 0.5) is 0 Å². The average molecular weight is 420 g/mol. The zero-order chi connectivity index (χ0) is 14.1. The maximum atomic E-state index is 2.00. The predicted octanol–water partition coefficient (Wildman–Crippen LogP) is 5.61. The van der Waals surface area contributed by atoms with Crippen LogP contribution in [0.1, 0.15) is 0 Å². The van der Waals surface area contributed by atoms with Gasteiger partial charge in [0.2, 0.25) is 0 Å². The van der Waals surface area contributed by atoms with Crippen LogP contribution in [0.25, 0.3) is 0 Å². The summed E-state index contributed by atoms with van der Waals surface area (Å²) in [7, 11) is 0. The van der Waals surface area contributed by atoms with E-state index in [1.165, 1.54) is 0 Å². The van der Waals surface area contributed by atoms with E-state index in [0.29, 0.717) is 0 Å². The van der Waals surface area contributed by atoms with Crippen LogP contribution in [-0.4, -0.2) is 0 Å². The third-order valence-corrected chi connectivity index (χ3v) is 2.22. The van der Waals surface area contributed by atoms with Crippen molar-refractivity contribution < 1.29 is 43.4 Å². The van der Waals surface area contributed by atoms with Crippen LogP contribution in [0.3, 0.4) is 0 Å². The minimum absolute atomic E-state index is 0. The van der Waals surface area contributed by atoms with Gasteiger partial charge in [-0.15, -0.1) is 0 Å². The Morgan fingerprint density at radius 3 is 0.458 bits per heavy atom. The zero-order valence-electron chi connectivity index (χ0n) is 13.4. The molecule has 4 aromatic rings. The Morgan fingerprint density at radius 1 is 0.292 bits per heavy atom. The first-order chi connectivity index (χ1) is 10.0. The molecule has 0 radical (unpaired) electrons. The second-order valence-electron chi connectivity index (χ2n) is 3.85. The Morgan fingerprint density at radius 2 is 0.417 bits per heavy atom. The van der Waals surface area contributed by atoms with E-state index in [2.05, 4.69) is 0 Å². The maximum absolute atomic E-state index is 2.00. The molecule has 0 heterocycles. The molecule has 0 spiro atoms. The van der Waals surface area contributed by atoms with Crippen LogP contribution >= 0.6 is 0 Å². The van der Waals surface area contributed by atoms with Crippen molar-refractivity contribution in [2.45, 2.75) is 0 Å². The normalized spacial score (nSPS) is 6.67. The summed E-state index contributed by atoms with van der Waals surface area (Å²) in [5.74, 6) is 0. The van der Waals surface area contributed by atoms with Gasteiger partial charge >= 0.3 is 43.4 Å². The van der Waals surface area contributed by atoms with E-state index in [1.807, 2.05) is 121 Å². The Bertz CT molecular complexity index is 351. The van der Waals surface area contributed by atoms with Crippen molar-refractivity contribution in [1.29, 1.82) is 0 Å². The third-order valence-electron chi connectivity index (χ3n) is 2.22. The topological polar surface area (TPSA) is 0 Å². The van der Waals surface area contributed by atoms with Crippen LogP contribution in [0.2, 0.25) is 0 Å². The molecule has 0 aliphatic heterocycles. The Balaban J connectivity index is -0.000000105. The van der Waals surface area contributed by atoms with E-state index < -0.39 is 0 Å². The minimum atomic E-state index is 0. The number of rotatable bonds is 0. The summed E-state index contributed by atoms with van der Waals surface area (Å²) in [6.45, 7) is 0. The summed E-state index contributed by atoms with van der Waals surface area (Å²) < 4.78 is 0. The summed E-state index contributed by atoms with van der Waals surface area (Å²) in [5, 5.41) is 0. The van der Waals surface area contributed by atoms with Crippen molar-refractivity contribution in [3.05, 3.63) is 121 Å². The fourth-order valence-corrected chi connectivity index (χ4v) is 1.28. The second kappa shape index (κ2) is 27.4. The molecule has 0 nitrogen and oxygen atoms in total. The molecular formula is C20H20S2Ti2. The van der Waals surface area contributed by atoms with E-state index in [-0.39, 0.29) is 70.4 Å². The molecular weight excluding hydrogens is 400 g/mol. The Kier molecular flexibility index (Phi) is 35.7. The molecule has 0 unspecified atom stereocenters. The van der Waals surface area contributed by atoms with Gasteiger partial charge < -0.3 is 27.0 Å². The first-order valence-electron chi connectivity index (χ1n) is 6.67.